The minimum absolute atomic E-state index is 0.304. The fourth-order valence-electron chi connectivity index (χ4n) is 1.86. The van der Waals surface area contributed by atoms with E-state index in [2.05, 4.69) is 6.07 Å². The fraction of sp³-hybridized carbons (Fsp3) is 0.143. The summed E-state index contributed by atoms with van der Waals surface area (Å²) in [5.41, 5.74) is 4.14. The normalized spacial score (nSPS) is 10.5. The second-order valence-corrected chi connectivity index (χ2v) is 4.47. The lowest BCUT2D eigenvalue weighted by molar-refractivity contribution is 0.628. The Hall–Kier alpha value is -1.34. The van der Waals surface area contributed by atoms with E-state index < -0.39 is 0 Å². The van der Waals surface area contributed by atoms with Crippen molar-refractivity contribution in [3.63, 3.8) is 0 Å². The van der Waals surface area contributed by atoms with E-state index in [1.165, 1.54) is 12.1 Å². The van der Waals surface area contributed by atoms with Crippen LogP contribution in [-0.2, 0) is 0 Å². The van der Waals surface area contributed by atoms with Crippen LogP contribution in [0.4, 0.5) is 4.39 Å². The van der Waals surface area contributed by atoms with Crippen molar-refractivity contribution in [3.8, 4) is 11.1 Å². The highest BCUT2D eigenvalue weighted by Crippen LogP contribution is 2.26. The Labute approximate surface area is 99.7 Å². The highest BCUT2D eigenvalue weighted by molar-refractivity contribution is 6.30. The molecule has 0 saturated carbocycles. The van der Waals surface area contributed by atoms with Crippen LogP contribution in [0.25, 0.3) is 11.1 Å². The van der Waals surface area contributed by atoms with Crippen LogP contribution in [0.2, 0.25) is 5.02 Å². The molecule has 0 amide bonds. The van der Waals surface area contributed by atoms with Gasteiger partial charge in [-0.1, -0.05) is 40.9 Å². The molecule has 16 heavy (non-hydrogen) atoms. The van der Waals surface area contributed by atoms with Crippen molar-refractivity contribution in [1.29, 1.82) is 0 Å². The number of rotatable bonds is 1. The van der Waals surface area contributed by atoms with E-state index in [9.17, 15) is 4.39 Å². The summed E-state index contributed by atoms with van der Waals surface area (Å²) in [6.07, 6.45) is 0. The van der Waals surface area contributed by atoms with E-state index in [0.29, 0.717) is 5.02 Å². The molecule has 2 heteroatoms. The van der Waals surface area contributed by atoms with E-state index >= 15 is 0 Å². The van der Waals surface area contributed by atoms with Crippen LogP contribution in [0.1, 0.15) is 11.1 Å². The monoisotopic (exact) mass is 234 g/mol. The van der Waals surface area contributed by atoms with E-state index in [4.69, 9.17) is 11.6 Å². The van der Waals surface area contributed by atoms with Gasteiger partial charge in [-0.3, -0.25) is 0 Å². The second kappa shape index (κ2) is 4.26. The summed E-state index contributed by atoms with van der Waals surface area (Å²) in [5.74, 6) is -0.304. The van der Waals surface area contributed by atoms with Crippen molar-refractivity contribution in [2.24, 2.45) is 0 Å². The van der Waals surface area contributed by atoms with Crippen LogP contribution in [0.15, 0.2) is 36.4 Å². The first-order valence-corrected chi connectivity index (χ1v) is 5.47. The number of halogens is 2. The first-order valence-electron chi connectivity index (χ1n) is 5.09. The van der Waals surface area contributed by atoms with Gasteiger partial charge < -0.3 is 0 Å². The maximum Gasteiger partial charge on any atom is 0.125 e. The molecule has 0 nitrogen and oxygen atoms in total. The van der Waals surface area contributed by atoms with Crippen molar-refractivity contribution in [3.05, 3.63) is 58.4 Å². The molecule has 0 bridgehead atoms. The predicted molar refractivity (Wildman–Crippen MR) is 66.3 cm³/mol. The third kappa shape index (κ3) is 2.42. The Morgan fingerprint density at radius 1 is 0.812 bits per heavy atom. The van der Waals surface area contributed by atoms with Crippen LogP contribution < -0.4 is 0 Å². The zero-order valence-corrected chi connectivity index (χ0v) is 9.98. The van der Waals surface area contributed by atoms with Gasteiger partial charge in [0.1, 0.15) is 5.82 Å². The lowest BCUT2D eigenvalue weighted by atomic mass is 10.0. The molecule has 0 saturated heterocycles. The van der Waals surface area contributed by atoms with Gasteiger partial charge in [0, 0.05) is 5.02 Å². The summed E-state index contributed by atoms with van der Waals surface area (Å²) in [4.78, 5) is 0. The Balaban J connectivity index is 2.57. The number of aryl methyl sites for hydroxylation is 2. The minimum atomic E-state index is -0.304. The Morgan fingerprint density at radius 2 is 1.38 bits per heavy atom. The van der Waals surface area contributed by atoms with Crippen molar-refractivity contribution in [2.45, 2.75) is 13.8 Å². The van der Waals surface area contributed by atoms with Gasteiger partial charge in [0.05, 0.1) is 0 Å². The van der Waals surface area contributed by atoms with Crippen molar-refractivity contribution in [2.75, 3.05) is 0 Å². The Kier molecular flexibility index (Phi) is 2.97. The van der Waals surface area contributed by atoms with Crippen molar-refractivity contribution < 1.29 is 4.39 Å². The molecular weight excluding hydrogens is 223 g/mol. The predicted octanol–water partition coefficient (Wildman–Crippen LogP) is 4.76. The molecule has 0 heterocycles. The van der Waals surface area contributed by atoms with Crippen molar-refractivity contribution in [1.82, 2.24) is 0 Å². The van der Waals surface area contributed by atoms with Gasteiger partial charge in [-0.15, -0.1) is 0 Å². The SMILES string of the molecule is Cc1cc(C)cc(-c2cc(F)cc(Cl)c2)c1. The minimum Gasteiger partial charge on any atom is -0.207 e. The molecule has 82 valence electrons. The summed E-state index contributed by atoms with van der Waals surface area (Å²) in [6, 6.07) is 10.7. The van der Waals surface area contributed by atoms with Gasteiger partial charge in [-0.05, 0) is 43.2 Å². The van der Waals surface area contributed by atoms with E-state index in [0.717, 1.165) is 22.3 Å². The van der Waals surface area contributed by atoms with Crippen LogP contribution in [0.5, 0.6) is 0 Å². The van der Waals surface area contributed by atoms with E-state index in [1.54, 1.807) is 6.07 Å². The maximum atomic E-state index is 13.2. The topological polar surface area (TPSA) is 0 Å². The molecule has 0 unspecified atom stereocenters. The molecule has 2 aromatic carbocycles. The maximum absolute atomic E-state index is 13.2. The van der Waals surface area contributed by atoms with Gasteiger partial charge in [0.2, 0.25) is 0 Å². The third-order valence-electron chi connectivity index (χ3n) is 2.42. The third-order valence-corrected chi connectivity index (χ3v) is 2.64. The first kappa shape index (κ1) is 11.2. The van der Waals surface area contributed by atoms with Gasteiger partial charge in [0.25, 0.3) is 0 Å². The lowest BCUT2D eigenvalue weighted by Gasteiger charge is -2.06. The molecule has 0 atom stereocenters. The highest BCUT2D eigenvalue weighted by atomic mass is 35.5. The summed E-state index contributed by atoms with van der Waals surface area (Å²) in [5, 5.41) is 0.425. The van der Waals surface area contributed by atoms with Crippen LogP contribution in [0.3, 0.4) is 0 Å². The molecule has 0 radical (unpaired) electrons. The summed E-state index contributed by atoms with van der Waals surface area (Å²) in [6.45, 7) is 4.05. The van der Waals surface area contributed by atoms with Crippen LogP contribution >= 0.6 is 11.6 Å². The number of hydrogen-bond donors (Lipinski definition) is 0. The molecule has 0 aliphatic rings. The quantitative estimate of drug-likeness (QED) is 0.667. The lowest BCUT2D eigenvalue weighted by Crippen LogP contribution is -1.84. The van der Waals surface area contributed by atoms with Gasteiger partial charge in [-0.2, -0.15) is 0 Å². The smallest absolute Gasteiger partial charge is 0.125 e. The molecule has 0 N–H and O–H groups in total. The van der Waals surface area contributed by atoms with E-state index in [-0.39, 0.29) is 5.82 Å². The van der Waals surface area contributed by atoms with Gasteiger partial charge in [-0.25, -0.2) is 4.39 Å². The van der Waals surface area contributed by atoms with Crippen LogP contribution in [0, 0.1) is 19.7 Å². The summed E-state index contributed by atoms with van der Waals surface area (Å²) < 4.78 is 13.2. The highest BCUT2D eigenvalue weighted by Gasteiger charge is 2.03. The average Bonchev–Trinajstić information content (AvgIpc) is 2.14. The van der Waals surface area contributed by atoms with Crippen molar-refractivity contribution >= 4 is 11.6 Å². The molecule has 0 fully saturated rings. The summed E-state index contributed by atoms with van der Waals surface area (Å²) in [7, 11) is 0. The largest absolute Gasteiger partial charge is 0.207 e. The van der Waals surface area contributed by atoms with E-state index in [1.807, 2.05) is 26.0 Å². The number of hydrogen-bond acceptors (Lipinski definition) is 0. The fourth-order valence-corrected chi connectivity index (χ4v) is 2.08. The average molecular weight is 235 g/mol. The number of benzene rings is 2. The molecule has 0 spiro atoms. The first-order chi connectivity index (χ1) is 7.54. The molecule has 2 rings (SSSR count). The zero-order chi connectivity index (χ0) is 11.7. The molecule has 2 aromatic rings. The molecular formula is C14H12ClF. The zero-order valence-electron chi connectivity index (χ0n) is 9.22. The second-order valence-electron chi connectivity index (χ2n) is 4.03. The van der Waals surface area contributed by atoms with Crippen LogP contribution in [-0.4, -0.2) is 0 Å². The standard InChI is InChI=1S/C14H12ClF/c1-9-3-10(2)5-11(4-9)12-6-13(15)8-14(16)7-12/h3-8H,1-2H3. The summed E-state index contributed by atoms with van der Waals surface area (Å²) >= 11 is 5.84. The Bertz CT molecular complexity index is 442. The van der Waals surface area contributed by atoms with Gasteiger partial charge >= 0.3 is 0 Å². The molecule has 0 aliphatic carbocycles. The van der Waals surface area contributed by atoms with Gasteiger partial charge in [0.15, 0.2) is 0 Å². The molecule has 0 aliphatic heterocycles. The Morgan fingerprint density at radius 3 is 1.94 bits per heavy atom. The molecule has 0 aromatic heterocycles.